The number of benzene rings is 1. The molecule has 3 fully saturated rings. The number of amides is 3. The lowest BCUT2D eigenvalue weighted by Gasteiger charge is -2.36. The number of aliphatic hydroxyl groups excluding tert-OH is 1. The third-order valence-corrected chi connectivity index (χ3v) is 10.2. The van der Waals surface area contributed by atoms with Gasteiger partial charge in [0, 0.05) is 16.6 Å². The van der Waals surface area contributed by atoms with Gasteiger partial charge in [0.2, 0.25) is 17.7 Å². The van der Waals surface area contributed by atoms with Crippen LogP contribution in [0.1, 0.15) is 26.7 Å². The first-order chi connectivity index (χ1) is 15.3. The number of anilines is 1. The molecular weight excluding hydrogens is 518 g/mol. The van der Waals surface area contributed by atoms with E-state index in [9.17, 15) is 19.5 Å². The van der Waals surface area contributed by atoms with Crippen molar-refractivity contribution in [1.29, 1.82) is 0 Å². The zero-order valence-corrected chi connectivity index (χ0v) is 21.0. The van der Waals surface area contributed by atoms with Gasteiger partial charge < -0.3 is 20.6 Å². The highest BCUT2D eigenvalue weighted by Crippen LogP contribution is 2.68. The average Bonchev–Trinajstić information content (AvgIpc) is 3.36. The molecule has 0 saturated carbocycles. The number of hydrogen-bond acceptors (Lipinski definition) is 5. The Hall–Kier alpha value is -1.29. The number of nitrogens with one attached hydrogen (secondary N) is 2. The van der Waals surface area contributed by atoms with Gasteiger partial charge in [-0.25, -0.2) is 0 Å². The van der Waals surface area contributed by atoms with Gasteiger partial charge in [0.25, 0.3) is 0 Å². The number of likely N-dealkylation sites (tertiary alicyclic amines) is 1. The van der Waals surface area contributed by atoms with Gasteiger partial charge in [0.1, 0.15) is 6.04 Å². The summed E-state index contributed by atoms with van der Waals surface area (Å²) in [6.45, 7) is 3.97. The van der Waals surface area contributed by atoms with Crippen LogP contribution in [-0.4, -0.2) is 67.8 Å². The van der Waals surface area contributed by atoms with Crippen LogP contribution in [0.15, 0.2) is 24.3 Å². The Labute approximate surface area is 205 Å². The fraction of sp³-hybridized carbons (Fsp3) is 0.591. The molecule has 3 unspecified atom stereocenters. The minimum absolute atomic E-state index is 0.00826. The van der Waals surface area contributed by atoms with Gasteiger partial charge >= 0.3 is 0 Å². The number of nitrogens with zero attached hydrogens (tertiary/aromatic N) is 1. The number of halogens is 2. The number of hydrogen-bond donors (Lipinski definition) is 3. The number of carbonyl (C=O) groups excluding carboxylic acids is 3. The molecule has 3 heterocycles. The van der Waals surface area contributed by atoms with E-state index in [4.69, 9.17) is 11.6 Å². The molecule has 174 valence electrons. The first-order valence-electron chi connectivity index (χ1n) is 10.8. The second-order valence-electron chi connectivity index (χ2n) is 8.70. The molecule has 32 heavy (non-hydrogen) atoms. The van der Waals surface area contributed by atoms with Crippen LogP contribution in [0.2, 0.25) is 5.02 Å². The second kappa shape index (κ2) is 9.16. The predicted molar refractivity (Wildman–Crippen MR) is 129 cm³/mol. The number of thioether (sulfide) groups is 1. The molecule has 3 aliphatic heterocycles. The molecule has 7 atom stereocenters. The van der Waals surface area contributed by atoms with Crippen LogP contribution in [0.4, 0.5) is 5.69 Å². The summed E-state index contributed by atoms with van der Waals surface area (Å²) in [7, 11) is 0. The van der Waals surface area contributed by atoms with Crippen LogP contribution >= 0.6 is 39.3 Å². The summed E-state index contributed by atoms with van der Waals surface area (Å²) in [5.41, 5.74) is 0.466. The van der Waals surface area contributed by atoms with E-state index in [-0.39, 0.29) is 34.4 Å². The molecule has 10 heteroatoms. The predicted octanol–water partition coefficient (Wildman–Crippen LogP) is 2.65. The Morgan fingerprint density at radius 3 is 2.75 bits per heavy atom. The molecule has 3 aliphatic rings. The van der Waals surface area contributed by atoms with E-state index >= 15 is 0 Å². The van der Waals surface area contributed by atoms with E-state index in [1.165, 1.54) is 4.90 Å². The van der Waals surface area contributed by atoms with E-state index in [2.05, 4.69) is 26.6 Å². The summed E-state index contributed by atoms with van der Waals surface area (Å²) in [5.74, 6) is -1.87. The molecule has 3 saturated heterocycles. The second-order valence-corrected chi connectivity index (χ2v) is 11.8. The molecule has 0 aromatic heterocycles. The van der Waals surface area contributed by atoms with Gasteiger partial charge in [-0.1, -0.05) is 46.6 Å². The number of carbonyl (C=O) groups is 3. The van der Waals surface area contributed by atoms with E-state index in [0.717, 1.165) is 6.42 Å². The summed E-state index contributed by atoms with van der Waals surface area (Å²) >= 11 is 11.5. The summed E-state index contributed by atoms with van der Waals surface area (Å²) in [5, 5.41) is 16.0. The van der Waals surface area contributed by atoms with E-state index in [0.29, 0.717) is 23.7 Å². The smallest absolute Gasteiger partial charge is 0.248 e. The van der Waals surface area contributed by atoms with Gasteiger partial charge in [-0.2, -0.15) is 0 Å². The maximum Gasteiger partial charge on any atom is 0.248 e. The van der Waals surface area contributed by atoms with Gasteiger partial charge in [0.05, 0.1) is 39.9 Å². The molecular formula is C22H27BrClN3O4S. The Morgan fingerprint density at radius 2 is 2.09 bits per heavy atom. The van der Waals surface area contributed by atoms with Crippen LogP contribution < -0.4 is 10.6 Å². The number of aliphatic hydroxyl groups is 1. The lowest BCUT2D eigenvalue weighted by molar-refractivity contribution is -0.141. The first kappa shape index (κ1) is 23.9. The van der Waals surface area contributed by atoms with Crippen LogP contribution in [0.25, 0.3) is 0 Å². The molecule has 7 nitrogen and oxygen atoms in total. The Bertz CT molecular complexity index is 936. The number of fused-ring (bicyclic) bond motifs is 1. The zero-order valence-electron chi connectivity index (χ0n) is 17.9. The Balaban J connectivity index is 1.73. The SMILES string of the molecule is CCCNC(=O)[C@H]1[C@@H]2SC3(CC2Br)C(C(=O)Nc2ccccc2Cl)N([C@H](C)CO)C(=O)[C@H]13. The van der Waals surface area contributed by atoms with Gasteiger partial charge in [0.15, 0.2) is 0 Å². The summed E-state index contributed by atoms with van der Waals surface area (Å²) < 4.78 is -0.751. The van der Waals surface area contributed by atoms with Crippen molar-refractivity contribution >= 4 is 62.7 Å². The number of para-hydroxylation sites is 1. The van der Waals surface area contributed by atoms with Crippen LogP contribution in [0.3, 0.4) is 0 Å². The molecule has 3 amide bonds. The molecule has 0 aliphatic carbocycles. The van der Waals surface area contributed by atoms with Crippen molar-refractivity contribution < 1.29 is 19.5 Å². The van der Waals surface area contributed by atoms with E-state index in [1.54, 1.807) is 43.0 Å². The van der Waals surface area contributed by atoms with Crippen LogP contribution in [-0.2, 0) is 14.4 Å². The highest BCUT2D eigenvalue weighted by atomic mass is 79.9. The molecule has 3 N–H and O–H groups in total. The van der Waals surface area contributed by atoms with Gasteiger partial charge in [-0.05, 0) is 31.9 Å². The van der Waals surface area contributed by atoms with Crippen molar-refractivity contribution in [3.05, 3.63) is 29.3 Å². The standard InChI is InChI=1S/C22H27BrClN3O4S/c1-3-8-25-19(29)15-16-21(31)27(11(2)10-28)18(22(16)9-12(23)17(15)32-22)20(30)26-14-7-5-4-6-13(14)24/h4-7,11-12,15-18,28H,3,8-10H2,1-2H3,(H,25,29)(H,26,30)/t11-,12?,15-,16+,17-,18?,22?/m1/s1. The topological polar surface area (TPSA) is 98.7 Å². The fourth-order valence-corrected chi connectivity index (χ4v) is 9.14. The largest absolute Gasteiger partial charge is 0.394 e. The summed E-state index contributed by atoms with van der Waals surface area (Å²) in [6, 6.07) is 5.56. The fourth-order valence-electron chi connectivity index (χ4n) is 5.36. The quantitative estimate of drug-likeness (QED) is 0.459. The molecule has 1 aromatic rings. The third kappa shape index (κ3) is 3.65. The van der Waals surface area contributed by atoms with Crippen molar-refractivity contribution in [2.45, 2.75) is 53.6 Å². The molecule has 1 spiro atoms. The number of rotatable bonds is 7. The van der Waals surface area contributed by atoms with Crippen molar-refractivity contribution in [2.75, 3.05) is 18.5 Å². The summed E-state index contributed by atoms with van der Waals surface area (Å²) in [6.07, 6.45) is 1.39. The van der Waals surface area contributed by atoms with E-state index in [1.807, 2.05) is 6.92 Å². The highest BCUT2D eigenvalue weighted by molar-refractivity contribution is 9.09. The molecule has 2 bridgehead atoms. The van der Waals surface area contributed by atoms with Gasteiger partial charge in [-0.3, -0.25) is 14.4 Å². The highest BCUT2D eigenvalue weighted by Gasteiger charge is 2.75. The molecule has 1 aromatic carbocycles. The lowest BCUT2D eigenvalue weighted by Crippen LogP contribution is -2.55. The number of alkyl halides is 1. The van der Waals surface area contributed by atoms with Crippen molar-refractivity contribution in [3.63, 3.8) is 0 Å². The van der Waals surface area contributed by atoms with Crippen LogP contribution in [0, 0.1) is 11.8 Å². The summed E-state index contributed by atoms with van der Waals surface area (Å²) in [4.78, 5) is 41.9. The van der Waals surface area contributed by atoms with Crippen molar-refractivity contribution in [2.24, 2.45) is 11.8 Å². The maximum atomic E-state index is 13.7. The first-order valence-corrected chi connectivity index (χ1v) is 13.0. The minimum Gasteiger partial charge on any atom is -0.394 e. The minimum atomic E-state index is -0.822. The van der Waals surface area contributed by atoms with Crippen molar-refractivity contribution in [1.82, 2.24) is 10.2 Å². The zero-order chi connectivity index (χ0) is 23.2. The Kier molecular flexibility index (Phi) is 6.83. The lowest BCUT2D eigenvalue weighted by atomic mass is 9.70. The monoisotopic (exact) mass is 543 g/mol. The molecule has 4 rings (SSSR count). The van der Waals surface area contributed by atoms with Gasteiger partial charge in [-0.15, -0.1) is 11.8 Å². The van der Waals surface area contributed by atoms with Crippen LogP contribution in [0.5, 0.6) is 0 Å². The van der Waals surface area contributed by atoms with E-state index < -0.39 is 28.7 Å². The normalized spacial score (nSPS) is 33.8. The van der Waals surface area contributed by atoms with Crippen molar-refractivity contribution in [3.8, 4) is 0 Å². The third-order valence-electron chi connectivity index (χ3n) is 6.70. The average molecular weight is 545 g/mol. The Morgan fingerprint density at radius 1 is 1.38 bits per heavy atom. The molecule has 0 radical (unpaired) electrons. The maximum absolute atomic E-state index is 13.7.